The summed E-state index contributed by atoms with van der Waals surface area (Å²) in [6.45, 7) is 2.31. The van der Waals surface area contributed by atoms with Gasteiger partial charge in [-0.05, 0) is 37.1 Å². The molecule has 2 fully saturated rings. The predicted octanol–water partition coefficient (Wildman–Crippen LogP) is 2.86. The first-order chi connectivity index (χ1) is 12.3. The third-order valence-corrected chi connectivity index (χ3v) is 5.21. The fraction of sp³-hybridized carbons (Fsp3) is 0.444. The smallest absolute Gasteiger partial charge is 0.368 e. The summed E-state index contributed by atoms with van der Waals surface area (Å²) in [6, 6.07) is 7.96. The van der Waals surface area contributed by atoms with Crippen LogP contribution in [-0.2, 0) is 0 Å². The Morgan fingerprint density at radius 2 is 2.00 bits per heavy atom. The maximum Gasteiger partial charge on any atom is 0.401 e. The fourth-order valence-corrected chi connectivity index (χ4v) is 4.14. The highest BCUT2D eigenvalue weighted by Crippen LogP contribution is 2.38. The van der Waals surface area contributed by atoms with Crippen LogP contribution in [0.4, 0.5) is 24.8 Å². The van der Waals surface area contributed by atoms with E-state index in [2.05, 4.69) is 14.9 Å². The van der Waals surface area contributed by atoms with Crippen molar-refractivity contribution in [3.05, 3.63) is 36.0 Å². The lowest BCUT2D eigenvalue weighted by Gasteiger charge is -2.36. The van der Waals surface area contributed by atoms with Gasteiger partial charge in [-0.1, -0.05) is 6.07 Å². The summed E-state index contributed by atoms with van der Waals surface area (Å²) in [5, 5.41) is 0. The zero-order valence-corrected chi connectivity index (χ0v) is 14.4. The molecule has 138 valence electrons. The molecule has 2 aliphatic heterocycles. The topological polar surface area (TPSA) is 58.3 Å². The lowest BCUT2D eigenvalue weighted by atomic mass is 10.1. The molecule has 2 aromatic rings. The number of anilines is 2. The predicted molar refractivity (Wildman–Crippen MR) is 93.8 cm³/mol. The number of aryl methyl sites for hydroxylation is 1. The van der Waals surface area contributed by atoms with E-state index in [1.807, 2.05) is 25.1 Å². The summed E-state index contributed by atoms with van der Waals surface area (Å²) in [5.74, 6) is 0.228. The van der Waals surface area contributed by atoms with Crippen molar-refractivity contribution < 1.29 is 13.2 Å². The van der Waals surface area contributed by atoms with Crippen molar-refractivity contribution >= 4 is 11.6 Å². The summed E-state index contributed by atoms with van der Waals surface area (Å²) in [6.07, 6.45) is -1.72. The van der Waals surface area contributed by atoms with Crippen LogP contribution in [0.3, 0.4) is 0 Å². The Balaban J connectivity index is 1.52. The number of nitrogens with two attached hydrogens (primary N) is 1. The first-order valence-corrected chi connectivity index (χ1v) is 8.57. The van der Waals surface area contributed by atoms with E-state index in [1.54, 1.807) is 17.2 Å². The number of halogens is 3. The molecule has 3 heterocycles. The van der Waals surface area contributed by atoms with Gasteiger partial charge in [0, 0.05) is 42.6 Å². The van der Waals surface area contributed by atoms with Gasteiger partial charge in [0.2, 0.25) is 5.95 Å². The van der Waals surface area contributed by atoms with Crippen molar-refractivity contribution in [1.82, 2.24) is 14.9 Å². The number of alkyl halides is 3. The average Bonchev–Trinajstić information content (AvgIpc) is 3.13. The number of likely N-dealkylation sites (tertiary alicyclic amines) is 1. The molecule has 2 aliphatic rings. The Labute approximate surface area is 149 Å². The van der Waals surface area contributed by atoms with Gasteiger partial charge in [-0.2, -0.15) is 13.2 Å². The number of piperazine rings is 1. The van der Waals surface area contributed by atoms with E-state index in [1.165, 1.54) is 0 Å². The Morgan fingerprint density at radius 1 is 1.19 bits per heavy atom. The van der Waals surface area contributed by atoms with Crippen LogP contribution < -0.4 is 10.6 Å². The Bertz CT molecular complexity index is 823. The molecule has 1 aromatic carbocycles. The van der Waals surface area contributed by atoms with E-state index in [0.717, 1.165) is 28.9 Å². The second-order valence-corrected chi connectivity index (χ2v) is 7.04. The summed E-state index contributed by atoms with van der Waals surface area (Å²) >= 11 is 0. The molecule has 2 saturated heterocycles. The van der Waals surface area contributed by atoms with Crippen molar-refractivity contribution in [1.29, 1.82) is 0 Å². The lowest BCUT2D eigenvalue weighted by Crippen LogP contribution is -2.49. The second-order valence-electron chi connectivity index (χ2n) is 7.04. The number of benzene rings is 1. The van der Waals surface area contributed by atoms with E-state index >= 15 is 0 Å². The summed E-state index contributed by atoms with van der Waals surface area (Å²) in [4.78, 5) is 11.9. The van der Waals surface area contributed by atoms with Gasteiger partial charge in [0.1, 0.15) is 0 Å². The van der Waals surface area contributed by atoms with Crippen molar-refractivity contribution in [2.75, 3.05) is 30.3 Å². The number of aromatic nitrogens is 2. The quantitative estimate of drug-likeness (QED) is 0.909. The fourth-order valence-electron chi connectivity index (χ4n) is 4.14. The number of nitrogen functional groups attached to an aromatic ring is 1. The molecule has 4 rings (SSSR count). The Kier molecular flexibility index (Phi) is 4.02. The summed E-state index contributed by atoms with van der Waals surface area (Å²) < 4.78 is 38.0. The highest BCUT2D eigenvalue weighted by molar-refractivity contribution is 5.67. The van der Waals surface area contributed by atoms with Gasteiger partial charge < -0.3 is 10.6 Å². The van der Waals surface area contributed by atoms with Gasteiger partial charge in [0.05, 0.1) is 12.2 Å². The number of nitrogens with zero attached hydrogens (tertiary/aromatic N) is 4. The minimum Gasteiger partial charge on any atom is -0.368 e. The van der Waals surface area contributed by atoms with Crippen LogP contribution in [0.2, 0.25) is 0 Å². The molecule has 0 radical (unpaired) electrons. The maximum atomic E-state index is 12.7. The van der Waals surface area contributed by atoms with Crippen molar-refractivity contribution in [3.8, 4) is 11.3 Å². The van der Waals surface area contributed by atoms with Gasteiger partial charge in [-0.3, -0.25) is 4.90 Å². The molecular weight excluding hydrogens is 343 g/mol. The highest BCUT2D eigenvalue weighted by Gasteiger charge is 2.46. The molecule has 2 N–H and O–H groups in total. The van der Waals surface area contributed by atoms with Crippen LogP contribution in [-0.4, -0.2) is 52.8 Å². The Hall–Kier alpha value is -2.35. The van der Waals surface area contributed by atoms with E-state index < -0.39 is 12.7 Å². The van der Waals surface area contributed by atoms with E-state index in [-0.39, 0.29) is 18.0 Å². The first kappa shape index (κ1) is 17.1. The third kappa shape index (κ3) is 3.21. The molecule has 5 nitrogen and oxygen atoms in total. The van der Waals surface area contributed by atoms with Crippen LogP contribution in [0.1, 0.15) is 12.0 Å². The molecule has 1 aromatic heterocycles. The number of rotatable bonds is 3. The van der Waals surface area contributed by atoms with Crippen LogP contribution in [0.25, 0.3) is 11.3 Å². The van der Waals surface area contributed by atoms with Gasteiger partial charge in [0.25, 0.3) is 0 Å². The molecule has 8 heteroatoms. The van der Waals surface area contributed by atoms with E-state index in [9.17, 15) is 13.2 Å². The van der Waals surface area contributed by atoms with Crippen LogP contribution in [0.5, 0.6) is 0 Å². The number of hydrogen-bond acceptors (Lipinski definition) is 5. The standard InChI is InChI=1S/C18H20F3N5/c1-11-6-12(15-4-5-23-17(22)24-15)2-3-16(11)26-9-13-7-14(26)8-25(13)10-18(19,20)21/h2-6,13-14H,7-10H2,1H3,(H2,22,23,24)/t13-,14-/m0/s1. The SMILES string of the molecule is Cc1cc(-c2ccnc(N)n2)ccc1N1C[C@@H]2C[C@H]1CN2CC(F)(F)F. The second kappa shape index (κ2) is 6.12. The number of fused-ring (bicyclic) bond motifs is 2. The molecule has 0 amide bonds. The molecule has 26 heavy (non-hydrogen) atoms. The van der Waals surface area contributed by atoms with Gasteiger partial charge in [0.15, 0.2) is 0 Å². The number of hydrogen-bond donors (Lipinski definition) is 1. The Morgan fingerprint density at radius 3 is 2.62 bits per heavy atom. The maximum absolute atomic E-state index is 12.7. The van der Waals surface area contributed by atoms with Gasteiger partial charge in [-0.15, -0.1) is 0 Å². The largest absolute Gasteiger partial charge is 0.401 e. The van der Waals surface area contributed by atoms with Gasteiger partial charge in [-0.25, -0.2) is 9.97 Å². The molecule has 2 atom stereocenters. The van der Waals surface area contributed by atoms with Crippen molar-refractivity contribution in [2.45, 2.75) is 31.6 Å². The van der Waals surface area contributed by atoms with Crippen LogP contribution in [0.15, 0.2) is 30.5 Å². The van der Waals surface area contributed by atoms with E-state index in [4.69, 9.17) is 5.73 Å². The van der Waals surface area contributed by atoms with Crippen molar-refractivity contribution in [2.24, 2.45) is 0 Å². The average molecular weight is 363 g/mol. The minimum absolute atomic E-state index is 0.0256. The zero-order valence-electron chi connectivity index (χ0n) is 14.4. The molecule has 0 saturated carbocycles. The summed E-state index contributed by atoms with van der Waals surface area (Å²) in [5.41, 5.74) is 9.51. The van der Waals surface area contributed by atoms with E-state index in [0.29, 0.717) is 13.1 Å². The van der Waals surface area contributed by atoms with Crippen LogP contribution in [0, 0.1) is 6.92 Å². The molecule has 0 spiro atoms. The zero-order chi connectivity index (χ0) is 18.5. The third-order valence-electron chi connectivity index (χ3n) is 5.21. The molecule has 2 bridgehead atoms. The molecule has 0 unspecified atom stereocenters. The lowest BCUT2D eigenvalue weighted by molar-refractivity contribution is -0.148. The van der Waals surface area contributed by atoms with Gasteiger partial charge >= 0.3 is 6.18 Å². The normalized spacial score (nSPS) is 23.0. The minimum atomic E-state index is -4.13. The monoisotopic (exact) mass is 363 g/mol. The highest BCUT2D eigenvalue weighted by atomic mass is 19.4. The molecule has 0 aliphatic carbocycles. The first-order valence-electron chi connectivity index (χ1n) is 8.57. The molecular formula is C18H20F3N5. The van der Waals surface area contributed by atoms with Crippen molar-refractivity contribution in [3.63, 3.8) is 0 Å². The summed E-state index contributed by atoms with van der Waals surface area (Å²) in [7, 11) is 0. The van der Waals surface area contributed by atoms with Crippen LogP contribution >= 0.6 is 0 Å².